The summed E-state index contributed by atoms with van der Waals surface area (Å²) in [6, 6.07) is -0.467. The van der Waals surface area contributed by atoms with Crippen molar-refractivity contribution >= 4 is 11.8 Å². The lowest BCUT2D eigenvalue weighted by atomic mass is 9.93. The lowest BCUT2D eigenvalue weighted by molar-refractivity contribution is -0.170. The lowest BCUT2D eigenvalue weighted by Crippen LogP contribution is -2.51. The number of likely N-dealkylation sites (tertiary alicyclic amines) is 1. The summed E-state index contributed by atoms with van der Waals surface area (Å²) in [6.45, 7) is 5.05. The Morgan fingerprint density at radius 3 is 2.00 bits per heavy atom. The van der Waals surface area contributed by atoms with Crippen LogP contribution in [0, 0.1) is 17.8 Å². The maximum Gasteiger partial charge on any atom is 0.406 e. The molecule has 138 valence electrons. The van der Waals surface area contributed by atoms with E-state index in [-0.39, 0.29) is 17.7 Å². The van der Waals surface area contributed by atoms with Crippen molar-refractivity contribution in [2.45, 2.75) is 58.7 Å². The molecule has 2 aliphatic rings. The quantitative estimate of drug-likeness (QED) is 0.766. The predicted octanol–water partition coefficient (Wildman–Crippen LogP) is 3.07. The second-order valence-corrected chi connectivity index (χ2v) is 7.44. The molecule has 2 rings (SSSR count). The van der Waals surface area contributed by atoms with Gasteiger partial charge in [-0.2, -0.15) is 13.2 Å². The van der Waals surface area contributed by atoms with Crippen LogP contribution in [0.2, 0.25) is 0 Å². The number of alkyl halides is 3. The van der Waals surface area contributed by atoms with Gasteiger partial charge in [-0.25, -0.2) is 0 Å². The van der Waals surface area contributed by atoms with E-state index in [0.29, 0.717) is 25.9 Å². The molecule has 0 spiro atoms. The van der Waals surface area contributed by atoms with Gasteiger partial charge in [0.25, 0.3) is 0 Å². The van der Waals surface area contributed by atoms with Crippen LogP contribution in [0.1, 0.15) is 46.5 Å². The van der Waals surface area contributed by atoms with Crippen LogP contribution in [-0.4, -0.2) is 53.5 Å². The first-order chi connectivity index (χ1) is 11.1. The zero-order valence-electron chi connectivity index (χ0n) is 14.6. The number of nitrogens with zero attached hydrogens (tertiary/aromatic N) is 2. The molecule has 0 aromatic rings. The molecule has 1 saturated carbocycles. The van der Waals surface area contributed by atoms with Gasteiger partial charge in [0.15, 0.2) is 0 Å². The summed E-state index contributed by atoms with van der Waals surface area (Å²) in [4.78, 5) is 27.5. The number of hydrogen-bond donors (Lipinski definition) is 0. The van der Waals surface area contributed by atoms with Crippen molar-refractivity contribution in [1.29, 1.82) is 0 Å². The monoisotopic (exact) mass is 348 g/mol. The van der Waals surface area contributed by atoms with Crippen molar-refractivity contribution in [3.63, 3.8) is 0 Å². The van der Waals surface area contributed by atoms with Gasteiger partial charge < -0.3 is 9.80 Å². The van der Waals surface area contributed by atoms with E-state index in [0.717, 1.165) is 17.7 Å². The third kappa shape index (κ3) is 4.86. The fraction of sp³-hybridized carbons (Fsp3) is 0.882. The molecular weight excluding hydrogens is 321 g/mol. The fourth-order valence-electron chi connectivity index (χ4n) is 3.15. The molecule has 0 bridgehead atoms. The first-order valence-corrected chi connectivity index (χ1v) is 8.76. The number of hydrogen-bond acceptors (Lipinski definition) is 2. The third-order valence-electron chi connectivity index (χ3n) is 5.17. The van der Waals surface area contributed by atoms with Crippen molar-refractivity contribution in [2.75, 3.05) is 19.6 Å². The molecule has 1 aliphatic heterocycles. The summed E-state index contributed by atoms with van der Waals surface area (Å²) in [5, 5.41) is 0. The maximum absolute atomic E-state index is 12.9. The molecule has 1 heterocycles. The van der Waals surface area contributed by atoms with Crippen LogP contribution in [0.15, 0.2) is 0 Å². The standard InChI is InChI=1S/C17H27F3N2O2/c1-11(2)12(3)22(10-17(18,19)20)16(24)14-6-8-21(9-7-14)15(23)13-4-5-13/h11-14H,4-10H2,1-3H3. The van der Waals surface area contributed by atoms with E-state index in [1.54, 1.807) is 11.8 Å². The Kier molecular flexibility index (Phi) is 5.81. The molecule has 0 aromatic carbocycles. The molecule has 1 aliphatic carbocycles. The van der Waals surface area contributed by atoms with Crippen molar-refractivity contribution in [3.05, 3.63) is 0 Å². The minimum atomic E-state index is -4.40. The number of piperidine rings is 1. The second kappa shape index (κ2) is 7.31. The van der Waals surface area contributed by atoms with Gasteiger partial charge in [-0.1, -0.05) is 13.8 Å². The summed E-state index contributed by atoms with van der Waals surface area (Å²) >= 11 is 0. The largest absolute Gasteiger partial charge is 0.406 e. The van der Waals surface area contributed by atoms with Gasteiger partial charge in [-0.3, -0.25) is 9.59 Å². The lowest BCUT2D eigenvalue weighted by Gasteiger charge is -2.38. The molecule has 1 atom stereocenters. The highest BCUT2D eigenvalue weighted by Crippen LogP contribution is 2.33. The van der Waals surface area contributed by atoms with Gasteiger partial charge in [0, 0.05) is 31.0 Å². The normalized spacial score (nSPS) is 21.0. The van der Waals surface area contributed by atoms with Crippen LogP contribution < -0.4 is 0 Å². The van der Waals surface area contributed by atoms with Gasteiger partial charge in [0.1, 0.15) is 6.54 Å². The Morgan fingerprint density at radius 1 is 1.04 bits per heavy atom. The summed E-state index contributed by atoms with van der Waals surface area (Å²) in [6.07, 6.45) is -1.62. The van der Waals surface area contributed by atoms with Gasteiger partial charge in [0.2, 0.25) is 11.8 Å². The smallest absolute Gasteiger partial charge is 0.342 e. The van der Waals surface area contributed by atoms with Crippen LogP contribution in [-0.2, 0) is 9.59 Å². The highest BCUT2D eigenvalue weighted by Gasteiger charge is 2.40. The zero-order valence-corrected chi connectivity index (χ0v) is 14.6. The first kappa shape index (κ1) is 19.1. The van der Waals surface area contributed by atoms with Gasteiger partial charge in [0.05, 0.1) is 0 Å². The van der Waals surface area contributed by atoms with E-state index in [2.05, 4.69) is 0 Å². The zero-order chi connectivity index (χ0) is 18.1. The van der Waals surface area contributed by atoms with E-state index in [4.69, 9.17) is 0 Å². The fourth-order valence-corrected chi connectivity index (χ4v) is 3.15. The number of rotatable bonds is 5. The van der Waals surface area contributed by atoms with E-state index >= 15 is 0 Å². The molecule has 7 heteroatoms. The number of halogens is 3. The minimum absolute atomic E-state index is 0.0483. The summed E-state index contributed by atoms with van der Waals surface area (Å²) in [5.74, 6) is -0.611. The summed E-state index contributed by atoms with van der Waals surface area (Å²) in [5.41, 5.74) is 0. The summed E-state index contributed by atoms with van der Waals surface area (Å²) in [7, 11) is 0. The van der Waals surface area contributed by atoms with E-state index < -0.39 is 30.6 Å². The Hall–Kier alpha value is -1.27. The molecule has 2 amide bonds. The highest BCUT2D eigenvalue weighted by molar-refractivity contribution is 5.82. The van der Waals surface area contributed by atoms with Gasteiger partial charge in [-0.15, -0.1) is 0 Å². The molecule has 2 fully saturated rings. The highest BCUT2D eigenvalue weighted by atomic mass is 19.4. The Balaban J connectivity index is 1.97. The SMILES string of the molecule is CC(C)C(C)N(CC(F)(F)F)C(=O)C1CCN(C(=O)C2CC2)CC1. The maximum atomic E-state index is 12.9. The Morgan fingerprint density at radius 2 is 1.58 bits per heavy atom. The average molecular weight is 348 g/mol. The van der Waals surface area contributed by atoms with E-state index in [1.807, 2.05) is 13.8 Å². The van der Waals surface area contributed by atoms with Crippen LogP contribution in [0.5, 0.6) is 0 Å². The molecule has 4 nitrogen and oxygen atoms in total. The first-order valence-electron chi connectivity index (χ1n) is 8.76. The summed E-state index contributed by atoms with van der Waals surface area (Å²) < 4.78 is 38.6. The van der Waals surface area contributed by atoms with Crippen molar-refractivity contribution in [2.24, 2.45) is 17.8 Å². The predicted molar refractivity (Wildman–Crippen MR) is 84.1 cm³/mol. The number of carbonyl (C=O) groups is 2. The second-order valence-electron chi connectivity index (χ2n) is 7.44. The molecular formula is C17H27F3N2O2. The number of carbonyl (C=O) groups excluding carboxylic acids is 2. The van der Waals surface area contributed by atoms with Crippen molar-refractivity contribution < 1.29 is 22.8 Å². The molecule has 24 heavy (non-hydrogen) atoms. The Labute approximate surface area is 141 Å². The molecule has 0 N–H and O–H groups in total. The van der Waals surface area contributed by atoms with Gasteiger partial charge in [-0.05, 0) is 38.5 Å². The minimum Gasteiger partial charge on any atom is -0.342 e. The van der Waals surface area contributed by atoms with Crippen molar-refractivity contribution in [1.82, 2.24) is 9.80 Å². The number of amides is 2. The topological polar surface area (TPSA) is 40.6 Å². The molecule has 1 unspecified atom stereocenters. The molecule has 0 aromatic heterocycles. The molecule has 0 radical (unpaired) electrons. The van der Waals surface area contributed by atoms with Gasteiger partial charge >= 0.3 is 6.18 Å². The third-order valence-corrected chi connectivity index (χ3v) is 5.17. The van der Waals surface area contributed by atoms with Crippen LogP contribution >= 0.6 is 0 Å². The van der Waals surface area contributed by atoms with E-state index in [1.165, 1.54) is 0 Å². The van der Waals surface area contributed by atoms with Crippen LogP contribution in [0.25, 0.3) is 0 Å². The van der Waals surface area contributed by atoms with Crippen LogP contribution in [0.4, 0.5) is 13.2 Å². The average Bonchev–Trinajstić information content (AvgIpc) is 3.34. The van der Waals surface area contributed by atoms with Crippen molar-refractivity contribution in [3.8, 4) is 0 Å². The van der Waals surface area contributed by atoms with Crippen LogP contribution in [0.3, 0.4) is 0 Å². The Bertz CT molecular complexity index is 467. The molecule has 1 saturated heterocycles. The van der Waals surface area contributed by atoms with E-state index in [9.17, 15) is 22.8 Å².